The van der Waals surface area contributed by atoms with Crippen molar-refractivity contribution in [1.29, 1.82) is 0 Å². The van der Waals surface area contributed by atoms with E-state index < -0.39 is 0 Å². The molecule has 1 aromatic carbocycles. The topological polar surface area (TPSA) is 58.1 Å². The van der Waals surface area contributed by atoms with Crippen molar-refractivity contribution >= 4 is 29.9 Å². The molecule has 1 rings (SSSR count). The molecule has 0 fully saturated rings. The number of guanidine groups is 1. The number of nitrogens with zero attached hydrogens (tertiary/aromatic N) is 2. The van der Waals surface area contributed by atoms with E-state index in [1.807, 2.05) is 6.92 Å². The molecular formula is C20H37IN4O2. The lowest BCUT2D eigenvalue weighted by Crippen LogP contribution is -2.43. The van der Waals surface area contributed by atoms with Crippen molar-refractivity contribution in [2.75, 3.05) is 54.5 Å². The van der Waals surface area contributed by atoms with E-state index in [4.69, 9.17) is 9.47 Å². The first-order valence-electron chi connectivity index (χ1n) is 9.34. The number of nitrogens with one attached hydrogen (secondary N) is 2. The van der Waals surface area contributed by atoms with Crippen LogP contribution in [0.15, 0.2) is 23.2 Å². The maximum Gasteiger partial charge on any atom is 0.191 e. The lowest BCUT2D eigenvalue weighted by atomic mass is 10.1. The van der Waals surface area contributed by atoms with E-state index in [1.165, 1.54) is 5.56 Å². The van der Waals surface area contributed by atoms with E-state index in [2.05, 4.69) is 59.7 Å². The fourth-order valence-corrected chi connectivity index (χ4v) is 2.66. The molecular weight excluding hydrogens is 455 g/mol. The van der Waals surface area contributed by atoms with Gasteiger partial charge in [-0.05, 0) is 58.0 Å². The van der Waals surface area contributed by atoms with Crippen molar-refractivity contribution in [1.82, 2.24) is 15.5 Å². The molecule has 0 bridgehead atoms. The summed E-state index contributed by atoms with van der Waals surface area (Å²) in [7, 11) is 7.66. The van der Waals surface area contributed by atoms with Crippen LogP contribution in [-0.4, -0.2) is 71.5 Å². The average Bonchev–Trinajstić information content (AvgIpc) is 2.63. The summed E-state index contributed by atoms with van der Waals surface area (Å²) in [6.45, 7) is 7.38. The quantitative estimate of drug-likeness (QED) is 0.283. The summed E-state index contributed by atoms with van der Waals surface area (Å²) in [5.74, 6) is 1.74. The molecule has 27 heavy (non-hydrogen) atoms. The SMILES string of the molecule is CCOC(CCN(C)C)CNC(=NC)NCCc1ccc(C)c(OC)c1.I. The van der Waals surface area contributed by atoms with Crippen LogP contribution in [0.5, 0.6) is 5.75 Å². The molecule has 0 aliphatic heterocycles. The number of halogens is 1. The normalized spacial score (nSPS) is 12.5. The maximum atomic E-state index is 5.81. The highest BCUT2D eigenvalue weighted by atomic mass is 127. The minimum atomic E-state index is 0. The van der Waals surface area contributed by atoms with Crippen LogP contribution >= 0.6 is 24.0 Å². The second kappa shape index (κ2) is 14.9. The summed E-state index contributed by atoms with van der Waals surface area (Å²) >= 11 is 0. The van der Waals surface area contributed by atoms with Crippen molar-refractivity contribution in [2.24, 2.45) is 4.99 Å². The van der Waals surface area contributed by atoms with E-state index in [-0.39, 0.29) is 30.1 Å². The highest BCUT2D eigenvalue weighted by Gasteiger charge is 2.10. The third-order valence-corrected chi connectivity index (χ3v) is 4.20. The van der Waals surface area contributed by atoms with Crippen molar-refractivity contribution < 1.29 is 9.47 Å². The monoisotopic (exact) mass is 492 g/mol. The fraction of sp³-hybridized carbons (Fsp3) is 0.650. The van der Waals surface area contributed by atoms with E-state index >= 15 is 0 Å². The number of hydrogen-bond donors (Lipinski definition) is 2. The molecule has 0 aromatic heterocycles. The van der Waals surface area contributed by atoms with Gasteiger partial charge in [0.05, 0.1) is 13.2 Å². The second-order valence-corrected chi connectivity index (χ2v) is 6.60. The zero-order chi connectivity index (χ0) is 19.4. The molecule has 0 heterocycles. The number of aryl methyl sites for hydroxylation is 1. The van der Waals surface area contributed by atoms with Crippen LogP contribution in [0.25, 0.3) is 0 Å². The molecule has 0 amide bonds. The molecule has 0 spiro atoms. The van der Waals surface area contributed by atoms with Gasteiger partial charge in [-0.15, -0.1) is 24.0 Å². The van der Waals surface area contributed by atoms with E-state index in [9.17, 15) is 0 Å². The highest BCUT2D eigenvalue weighted by molar-refractivity contribution is 14.0. The summed E-state index contributed by atoms with van der Waals surface area (Å²) in [6.07, 6.45) is 2.09. The summed E-state index contributed by atoms with van der Waals surface area (Å²) in [5.41, 5.74) is 2.40. The Morgan fingerprint density at radius 1 is 1.26 bits per heavy atom. The van der Waals surface area contributed by atoms with Crippen LogP contribution in [-0.2, 0) is 11.2 Å². The molecule has 1 unspecified atom stereocenters. The predicted molar refractivity (Wildman–Crippen MR) is 125 cm³/mol. The predicted octanol–water partition coefficient (Wildman–Crippen LogP) is 2.69. The minimum Gasteiger partial charge on any atom is -0.496 e. The number of rotatable bonds is 11. The Kier molecular flexibility index (Phi) is 14.3. The van der Waals surface area contributed by atoms with Gasteiger partial charge in [0.25, 0.3) is 0 Å². The van der Waals surface area contributed by atoms with Gasteiger partial charge in [0.1, 0.15) is 5.75 Å². The van der Waals surface area contributed by atoms with Gasteiger partial charge < -0.3 is 25.0 Å². The Hall–Kier alpha value is -1.06. The molecule has 2 N–H and O–H groups in total. The van der Waals surface area contributed by atoms with Gasteiger partial charge in [0, 0.05) is 33.3 Å². The van der Waals surface area contributed by atoms with Crippen molar-refractivity contribution in [3.63, 3.8) is 0 Å². The molecule has 0 saturated carbocycles. The van der Waals surface area contributed by atoms with Gasteiger partial charge in [-0.2, -0.15) is 0 Å². The number of benzene rings is 1. The van der Waals surface area contributed by atoms with Crippen LogP contribution in [0.4, 0.5) is 0 Å². The number of hydrogen-bond acceptors (Lipinski definition) is 4. The Morgan fingerprint density at radius 2 is 2.00 bits per heavy atom. The molecule has 156 valence electrons. The Balaban J connectivity index is 0.00000676. The standard InChI is InChI=1S/C20H36N4O2.HI/c1-7-26-18(11-13-24(4)5)15-23-20(21-3)22-12-10-17-9-8-16(2)19(14-17)25-6;/h8-9,14,18H,7,10-13,15H2,1-6H3,(H2,21,22,23);1H. The molecule has 1 atom stereocenters. The van der Waals surface area contributed by atoms with Gasteiger partial charge in [-0.1, -0.05) is 12.1 Å². The first-order valence-corrected chi connectivity index (χ1v) is 9.34. The fourth-order valence-electron chi connectivity index (χ4n) is 2.66. The van der Waals surface area contributed by atoms with Crippen molar-refractivity contribution in [3.05, 3.63) is 29.3 Å². The van der Waals surface area contributed by atoms with Gasteiger partial charge in [0.2, 0.25) is 0 Å². The van der Waals surface area contributed by atoms with Crippen LogP contribution in [0.2, 0.25) is 0 Å². The third kappa shape index (κ3) is 10.8. The molecule has 7 heteroatoms. The molecule has 1 aromatic rings. The number of ether oxygens (including phenoxy) is 2. The first-order chi connectivity index (χ1) is 12.5. The van der Waals surface area contributed by atoms with Crippen LogP contribution < -0.4 is 15.4 Å². The van der Waals surface area contributed by atoms with E-state index in [0.717, 1.165) is 56.4 Å². The Bertz CT molecular complexity index is 553. The summed E-state index contributed by atoms with van der Waals surface area (Å²) in [4.78, 5) is 6.47. The zero-order valence-electron chi connectivity index (χ0n) is 17.7. The zero-order valence-corrected chi connectivity index (χ0v) is 20.0. The van der Waals surface area contributed by atoms with Gasteiger partial charge in [0.15, 0.2) is 5.96 Å². The van der Waals surface area contributed by atoms with E-state index in [1.54, 1.807) is 14.2 Å². The molecule has 0 aliphatic rings. The lowest BCUT2D eigenvalue weighted by Gasteiger charge is -2.21. The van der Waals surface area contributed by atoms with Gasteiger partial charge in [-0.25, -0.2) is 0 Å². The summed E-state index contributed by atoms with van der Waals surface area (Å²) in [5, 5.41) is 6.73. The molecule has 0 saturated heterocycles. The molecule has 0 radical (unpaired) electrons. The highest BCUT2D eigenvalue weighted by Crippen LogP contribution is 2.18. The average molecular weight is 492 g/mol. The Morgan fingerprint density at radius 3 is 2.59 bits per heavy atom. The second-order valence-electron chi connectivity index (χ2n) is 6.60. The van der Waals surface area contributed by atoms with Crippen LogP contribution in [0.1, 0.15) is 24.5 Å². The molecule has 6 nitrogen and oxygen atoms in total. The number of methoxy groups -OCH3 is 1. The largest absolute Gasteiger partial charge is 0.496 e. The minimum absolute atomic E-state index is 0. The maximum absolute atomic E-state index is 5.81. The smallest absolute Gasteiger partial charge is 0.191 e. The summed E-state index contributed by atoms with van der Waals surface area (Å²) in [6, 6.07) is 6.33. The lowest BCUT2D eigenvalue weighted by molar-refractivity contribution is 0.0548. The van der Waals surface area contributed by atoms with Crippen LogP contribution in [0, 0.1) is 6.92 Å². The van der Waals surface area contributed by atoms with Gasteiger partial charge in [-0.3, -0.25) is 4.99 Å². The molecule has 0 aliphatic carbocycles. The number of aliphatic imine (C=N–C) groups is 1. The van der Waals surface area contributed by atoms with Gasteiger partial charge >= 0.3 is 0 Å². The van der Waals surface area contributed by atoms with Crippen molar-refractivity contribution in [2.45, 2.75) is 32.8 Å². The van der Waals surface area contributed by atoms with E-state index in [0.29, 0.717) is 0 Å². The summed E-state index contributed by atoms with van der Waals surface area (Å²) < 4.78 is 11.2. The van der Waals surface area contributed by atoms with Crippen molar-refractivity contribution in [3.8, 4) is 5.75 Å². The third-order valence-electron chi connectivity index (χ3n) is 4.20. The Labute approximate surface area is 182 Å². The first kappa shape index (κ1) is 25.9. The van der Waals surface area contributed by atoms with Crippen LogP contribution in [0.3, 0.4) is 0 Å².